The molecule has 0 radical (unpaired) electrons. The molecule has 0 aliphatic rings. The summed E-state index contributed by atoms with van der Waals surface area (Å²) in [4.78, 5) is 11.6. The number of carbonyl (C=O) groups excluding carboxylic acids is 1. The molecule has 1 aromatic rings. The Balaban J connectivity index is 2.48. The quantitative estimate of drug-likeness (QED) is 0.785. The number of carbonyl (C=O) groups is 1. The van der Waals surface area contributed by atoms with Crippen molar-refractivity contribution in [2.24, 2.45) is 0 Å². The van der Waals surface area contributed by atoms with Crippen LogP contribution in [0.25, 0.3) is 0 Å². The third kappa shape index (κ3) is 3.28. The van der Waals surface area contributed by atoms with Gasteiger partial charge in [-0.15, -0.1) is 0 Å². The van der Waals surface area contributed by atoms with Gasteiger partial charge < -0.3 is 10.1 Å². The maximum absolute atomic E-state index is 11.6. The minimum absolute atomic E-state index is 0.171. The van der Waals surface area contributed by atoms with Gasteiger partial charge in [0.1, 0.15) is 5.60 Å². The van der Waals surface area contributed by atoms with Gasteiger partial charge in [0.2, 0.25) is 0 Å². The standard InChI is InChI=1S/C10H15N3O2/c1-10(2,15-3)9(14)11-7-8-5-4-6-12-13-8/h4-6H,7H2,1-3H3,(H,11,14). The van der Waals surface area contributed by atoms with Crippen LogP contribution in [0, 0.1) is 0 Å². The molecule has 82 valence electrons. The summed E-state index contributed by atoms with van der Waals surface area (Å²) in [6, 6.07) is 3.57. The Morgan fingerprint density at radius 1 is 1.60 bits per heavy atom. The zero-order valence-corrected chi connectivity index (χ0v) is 9.15. The van der Waals surface area contributed by atoms with Gasteiger partial charge >= 0.3 is 0 Å². The molecule has 1 aromatic heterocycles. The number of nitrogens with zero attached hydrogens (tertiary/aromatic N) is 2. The summed E-state index contributed by atoms with van der Waals surface area (Å²) in [5, 5.41) is 10.3. The van der Waals surface area contributed by atoms with Crippen LogP contribution in [0.4, 0.5) is 0 Å². The lowest BCUT2D eigenvalue weighted by Gasteiger charge is -2.21. The van der Waals surface area contributed by atoms with E-state index in [1.807, 2.05) is 0 Å². The van der Waals surface area contributed by atoms with E-state index in [4.69, 9.17) is 4.74 Å². The van der Waals surface area contributed by atoms with E-state index in [1.54, 1.807) is 32.2 Å². The number of aromatic nitrogens is 2. The molecule has 5 nitrogen and oxygen atoms in total. The number of hydrogen-bond acceptors (Lipinski definition) is 4. The molecule has 0 spiro atoms. The fourth-order valence-corrected chi connectivity index (χ4v) is 0.904. The molecule has 1 rings (SSSR count). The Morgan fingerprint density at radius 3 is 2.87 bits per heavy atom. The molecule has 0 saturated carbocycles. The summed E-state index contributed by atoms with van der Waals surface area (Å²) in [5.74, 6) is -0.171. The topological polar surface area (TPSA) is 64.1 Å². The molecule has 0 aliphatic carbocycles. The highest BCUT2D eigenvalue weighted by atomic mass is 16.5. The van der Waals surface area contributed by atoms with Gasteiger partial charge in [0.05, 0.1) is 12.2 Å². The van der Waals surface area contributed by atoms with E-state index in [1.165, 1.54) is 7.11 Å². The number of nitrogens with one attached hydrogen (secondary N) is 1. The molecule has 0 bridgehead atoms. The highest BCUT2D eigenvalue weighted by molar-refractivity contribution is 5.84. The van der Waals surface area contributed by atoms with Gasteiger partial charge in [-0.25, -0.2) is 0 Å². The number of methoxy groups -OCH3 is 1. The molecule has 0 saturated heterocycles. The van der Waals surface area contributed by atoms with E-state index in [0.29, 0.717) is 6.54 Å². The van der Waals surface area contributed by atoms with E-state index < -0.39 is 5.60 Å². The summed E-state index contributed by atoms with van der Waals surface area (Å²) in [6.45, 7) is 3.78. The average Bonchev–Trinajstić information content (AvgIpc) is 2.27. The summed E-state index contributed by atoms with van der Waals surface area (Å²) in [6.07, 6.45) is 1.59. The molecule has 1 N–H and O–H groups in total. The summed E-state index contributed by atoms with van der Waals surface area (Å²) >= 11 is 0. The lowest BCUT2D eigenvalue weighted by Crippen LogP contribution is -2.43. The minimum atomic E-state index is -0.817. The maximum atomic E-state index is 11.6. The molecule has 1 heterocycles. The monoisotopic (exact) mass is 209 g/mol. The molecule has 0 aliphatic heterocycles. The number of ether oxygens (including phenoxy) is 1. The van der Waals surface area contributed by atoms with E-state index in [-0.39, 0.29) is 5.91 Å². The van der Waals surface area contributed by atoms with Gasteiger partial charge in [0.15, 0.2) is 0 Å². The smallest absolute Gasteiger partial charge is 0.251 e. The van der Waals surface area contributed by atoms with Gasteiger partial charge in [-0.05, 0) is 26.0 Å². The fraction of sp³-hybridized carbons (Fsp3) is 0.500. The van der Waals surface area contributed by atoms with Crippen LogP contribution in [-0.2, 0) is 16.1 Å². The first-order chi connectivity index (χ1) is 7.06. The predicted molar refractivity (Wildman–Crippen MR) is 55.0 cm³/mol. The Kier molecular flexibility index (Phi) is 3.74. The molecule has 0 unspecified atom stereocenters. The van der Waals surface area contributed by atoms with Crippen LogP contribution < -0.4 is 5.32 Å². The molecule has 0 aromatic carbocycles. The van der Waals surface area contributed by atoms with Crippen LogP contribution in [0.15, 0.2) is 18.3 Å². The SMILES string of the molecule is COC(C)(C)C(=O)NCc1cccnn1. The van der Waals surface area contributed by atoms with Crippen molar-refractivity contribution in [1.82, 2.24) is 15.5 Å². The van der Waals surface area contributed by atoms with E-state index in [2.05, 4.69) is 15.5 Å². The molecular weight excluding hydrogens is 194 g/mol. The third-order valence-corrected chi connectivity index (χ3v) is 2.11. The average molecular weight is 209 g/mol. The Hall–Kier alpha value is -1.49. The molecule has 0 atom stereocenters. The van der Waals surface area contributed by atoms with Crippen molar-refractivity contribution in [2.45, 2.75) is 26.0 Å². The van der Waals surface area contributed by atoms with Crippen LogP contribution in [-0.4, -0.2) is 28.8 Å². The summed E-state index contributed by atoms with van der Waals surface area (Å²) in [5.41, 5.74) is -0.0971. The third-order valence-electron chi connectivity index (χ3n) is 2.11. The highest BCUT2D eigenvalue weighted by Gasteiger charge is 2.26. The molecule has 1 amide bonds. The zero-order valence-electron chi connectivity index (χ0n) is 9.15. The number of rotatable bonds is 4. The first-order valence-electron chi connectivity index (χ1n) is 4.66. The van der Waals surface area contributed by atoms with Crippen molar-refractivity contribution in [2.75, 3.05) is 7.11 Å². The normalized spacial score (nSPS) is 11.1. The maximum Gasteiger partial charge on any atom is 0.251 e. The molecular formula is C10H15N3O2. The van der Waals surface area contributed by atoms with E-state index in [9.17, 15) is 4.79 Å². The minimum Gasteiger partial charge on any atom is -0.369 e. The fourth-order valence-electron chi connectivity index (χ4n) is 0.904. The summed E-state index contributed by atoms with van der Waals surface area (Å²) in [7, 11) is 1.50. The second kappa shape index (κ2) is 4.84. The van der Waals surface area contributed by atoms with Crippen molar-refractivity contribution in [1.29, 1.82) is 0 Å². The van der Waals surface area contributed by atoms with Crippen molar-refractivity contribution in [3.63, 3.8) is 0 Å². The van der Waals surface area contributed by atoms with E-state index in [0.717, 1.165) is 5.69 Å². The van der Waals surface area contributed by atoms with Crippen LogP contribution in [0.5, 0.6) is 0 Å². The Bertz CT molecular complexity index is 325. The van der Waals surface area contributed by atoms with Crippen LogP contribution in [0.1, 0.15) is 19.5 Å². The number of hydrogen-bond donors (Lipinski definition) is 1. The first kappa shape index (κ1) is 11.6. The second-order valence-corrected chi connectivity index (χ2v) is 3.61. The predicted octanol–water partition coefficient (Wildman–Crippen LogP) is 0.518. The van der Waals surface area contributed by atoms with E-state index >= 15 is 0 Å². The molecule has 5 heteroatoms. The van der Waals surface area contributed by atoms with Crippen molar-refractivity contribution >= 4 is 5.91 Å². The van der Waals surface area contributed by atoms with Gasteiger partial charge in [-0.3, -0.25) is 4.79 Å². The first-order valence-corrected chi connectivity index (χ1v) is 4.66. The van der Waals surface area contributed by atoms with Crippen LogP contribution >= 0.6 is 0 Å². The van der Waals surface area contributed by atoms with Crippen LogP contribution in [0.3, 0.4) is 0 Å². The van der Waals surface area contributed by atoms with Crippen molar-refractivity contribution in [3.05, 3.63) is 24.0 Å². The van der Waals surface area contributed by atoms with Gasteiger partial charge in [0.25, 0.3) is 5.91 Å². The lowest BCUT2D eigenvalue weighted by atomic mass is 10.1. The van der Waals surface area contributed by atoms with Crippen molar-refractivity contribution in [3.8, 4) is 0 Å². The summed E-state index contributed by atoms with van der Waals surface area (Å²) < 4.78 is 5.04. The number of amides is 1. The lowest BCUT2D eigenvalue weighted by molar-refractivity contribution is -0.139. The van der Waals surface area contributed by atoms with Gasteiger partial charge in [-0.2, -0.15) is 10.2 Å². The zero-order chi connectivity index (χ0) is 11.3. The highest BCUT2D eigenvalue weighted by Crippen LogP contribution is 2.07. The molecule has 15 heavy (non-hydrogen) atoms. The van der Waals surface area contributed by atoms with Crippen LogP contribution in [0.2, 0.25) is 0 Å². The van der Waals surface area contributed by atoms with Gasteiger partial charge in [0, 0.05) is 13.3 Å². The van der Waals surface area contributed by atoms with Crippen molar-refractivity contribution < 1.29 is 9.53 Å². The Morgan fingerprint density at radius 2 is 2.33 bits per heavy atom. The second-order valence-electron chi connectivity index (χ2n) is 3.61. The molecule has 0 fully saturated rings. The van der Waals surface area contributed by atoms with Gasteiger partial charge in [-0.1, -0.05) is 0 Å². The Labute approximate surface area is 88.9 Å². The largest absolute Gasteiger partial charge is 0.369 e.